The van der Waals surface area contributed by atoms with Crippen molar-refractivity contribution < 1.29 is 28.6 Å². The van der Waals surface area contributed by atoms with Gasteiger partial charge in [0.25, 0.3) is 0 Å². The molecule has 0 unspecified atom stereocenters. The summed E-state index contributed by atoms with van der Waals surface area (Å²) < 4.78 is 26.1. The fraction of sp³-hybridized carbons (Fsp3) is 0.474. The molecular formula is C19H23FO5S. The van der Waals surface area contributed by atoms with Gasteiger partial charge in [-0.15, -0.1) is 11.3 Å². The van der Waals surface area contributed by atoms with E-state index in [1.807, 2.05) is 6.92 Å². The minimum Gasteiger partial charge on any atom is -0.496 e. The molecule has 0 aliphatic heterocycles. The van der Waals surface area contributed by atoms with Crippen LogP contribution >= 0.6 is 11.3 Å². The Bertz CT molecular complexity index is 825. The molecule has 2 aromatic rings. The second-order valence-electron chi connectivity index (χ2n) is 6.63. The SMILES string of the molecule is CCOCCc1c(OC)cc2sc(C(=O)CC(C)(C)C(=O)O)cc2c1F. The van der Waals surface area contributed by atoms with Gasteiger partial charge < -0.3 is 14.6 Å². The summed E-state index contributed by atoms with van der Waals surface area (Å²) in [6.45, 7) is 5.78. The maximum Gasteiger partial charge on any atom is 0.309 e. The summed E-state index contributed by atoms with van der Waals surface area (Å²) in [5.74, 6) is -1.36. The lowest BCUT2D eigenvalue weighted by atomic mass is 9.87. The summed E-state index contributed by atoms with van der Waals surface area (Å²) in [5, 5.41) is 9.54. The molecule has 142 valence electrons. The molecule has 0 saturated carbocycles. The average molecular weight is 382 g/mol. The van der Waals surface area contributed by atoms with Gasteiger partial charge in [0.2, 0.25) is 0 Å². The Morgan fingerprint density at radius 2 is 2.00 bits per heavy atom. The standard InChI is InChI=1S/C19H23FO5S/c1-5-25-7-6-11-14(24-4)9-15-12(17(11)20)8-16(26-15)13(21)10-19(2,3)18(22)23/h8-9H,5-7,10H2,1-4H3,(H,22,23). The highest BCUT2D eigenvalue weighted by Gasteiger charge is 2.31. The number of Topliss-reactive ketones (excluding diaryl/α,β-unsaturated/α-hetero) is 1. The molecule has 26 heavy (non-hydrogen) atoms. The van der Waals surface area contributed by atoms with Crippen LogP contribution in [0.5, 0.6) is 5.75 Å². The van der Waals surface area contributed by atoms with E-state index in [4.69, 9.17) is 9.47 Å². The van der Waals surface area contributed by atoms with Gasteiger partial charge in [0.15, 0.2) is 5.78 Å². The highest BCUT2D eigenvalue weighted by Crippen LogP contribution is 2.37. The predicted molar refractivity (Wildman–Crippen MR) is 98.9 cm³/mol. The van der Waals surface area contributed by atoms with Gasteiger partial charge in [-0.05, 0) is 32.9 Å². The Hall–Kier alpha value is -1.99. The van der Waals surface area contributed by atoms with E-state index >= 15 is 0 Å². The molecule has 1 N–H and O–H groups in total. The molecule has 1 aromatic carbocycles. The quantitative estimate of drug-likeness (QED) is 0.517. The Kier molecular flexibility index (Phi) is 6.36. The van der Waals surface area contributed by atoms with Crippen molar-refractivity contribution in [1.29, 1.82) is 0 Å². The van der Waals surface area contributed by atoms with Crippen molar-refractivity contribution in [2.45, 2.75) is 33.6 Å². The number of carboxylic acid groups (broad SMARTS) is 1. The van der Waals surface area contributed by atoms with Crippen LogP contribution in [0.2, 0.25) is 0 Å². The van der Waals surface area contributed by atoms with E-state index in [0.29, 0.717) is 45.9 Å². The number of fused-ring (bicyclic) bond motifs is 1. The number of aliphatic carboxylic acids is 1. The van der Waals surface area contributed by atoms with E-state index in [9.17, 15) is 19.1 Å². The molecule has 0 amide bonds. The Morgan fingerprint density at radius 3 is 2.58 bits per heavy atom. The summed E-state index contributed by atoms with van der Waals surface area (Å²) in [4.78, 5) is 24.0. The van der Waals surface area contributed by atoms with Crippen LogP contribution in [-0.4, -0.2) is 37.2 Å². The van der Waals surface area contributed by atoms with Gasteiger partial charge in [-0.2, -0.15) is 0 Å². The van der Waals surface area contributed by atoms with Gasteiger partial charge in [0, 0.05) is 35.1 Å². The topological polar surface area (TPSA) is 72.8 Å². The third kappa shape index (κ3) is 4.22. The van der Waals surface area contributed by atoms with Crippen molar-refractivity contribution in [3.05, 3.63) is 28.4 Å². The maximum absolute atomic E-state index is 15.0. The molecule has 0 saturated heterocycles. The number of hydrogen-bond donors (Lipinski definition) is 1. The predicted octanol–water partition coefficient (Wildman–Crippen LogP) is 4.31. The average Bonchev–Trinajstić information content (AvgIpc) is 3.00. The Balaban J connectivity index is 2.39. The fourth-order valence-electron chi connectivity index (χ4n) is 2.60. The third-order valence-electron chi connectivity index (χ3n) is 4.20. The highest BCUT2D eigenvalue weighted by atomic mass is 32.1. The zero-order valence-electron chi connectivity index (χ0n) is 15.3. The van der Waals surface area contributed by atoms with Crippen LogP contribution in [0.1, 0.15) is 42.4 Å². The Morgan fingerprint density at radius 1 is 1.31 bits per heavy atom. The van der Waals surface area contributed by atoms with Gasteiger partial charge in [-0.3, -0.25) is 9.59 Å². The number of halogens is 1. The van der Waals surface area contributed by atoms with Crippen LogP contribution in [0, 0.1) is 11.2 Å². The molecule has 0 fully saturated rings. The molecule has 1 aromatic heterocycles. The summed E-state index contributed by atoms with van der Waals surface area (Å²) >= 11 is 1.14. The largest absolute Gasteiger partial charge is 0.496 e. The number of rotatable bonds is 9. The Labute approximate surface area is 155 Å². The zero-order chi connectivity index (χ0) is 19.5. The minimum absolute atomic E-state index is 0.148. The van der Waals surface area contributed by atoms with Crippen LogP contribution in [0.3, 0.4) is 0 Å². The van der Waals surface area contributed by atoms with Gasteiger partial charge in [0.05, 0.1) is 24.0 Å². The molecule has 1 heterocycles. The molecule has 0 spiro atoms. The van der Waals surface area contributed by atoms with Crippen molar-refractivity contribution in [3.8, 4) is 5.75 Å². The second-order valence-corrected chi connectivity index (χ2v) is 7.71. The monoisotopic (exact) mass is 382 g/mol. The number of ether oxygens (including phenoxy) is 2. The fourth-order valence-corrected chi connectivity index (χ4v) is 3.62. The van der Waals surface area contributed by atoms with Crippen LogP contribution in [0.4, 0.5) is 4.39 Å². The molecule has 5 nitrogen and oxygen atoms in total. The number of hydrogen-bond acceptors (Lipinski definition) is 5. The lowest BCUT2D eigenvalue weighted by Crippen LogP contribution is -2.26. The first-order chi connectivity index (χ1) is 12.2. The normalized spacial score (nSPS) is 11.7. The van der Waals surface area contributed by atoms with E-state index in [0.717, 1.165) is 11.3 Å². The summed E-state index contributed by atoms with van der Waals surface area (Å²) in [6.07, 6.45) is 0.217. The van der Waals surface area contributed by atoms with Crippen LogP contribution in [0.25, 0.3) is 10.1 Å². The molecule has 2 rings (SSSR count). The van der Waals surface area contributed by atoms with Crippen molar-refractivity contribution in [2.75, 3.05) is 20.3 Å². The molecule has 0 radical (unpaired) electrons. The number of thiophene rings is 1. The summed E-state index contributed by atoms with van der Waals surface area (Å²) in [6, 6.07) is 3.21. The maximum atomic E-state index is 15.0. The molecule has 0 aliphatic carbocycles. The van der Waals surface area contributed by atoms with E-state index in [1.54, 1.807) is 6.07 Å². The van der Waals surface area contributed by atoms with E-state index in [2.05, 4.69) is 0 Å². The van der Waals surface area contributed by atoms with Gasteiger partial charge in [-0.25, -0.2) is 4.39 Å². The first kappa shape index (κ1) is 20.3. The van der Waals surface area contributed by atoms with Crippen molar-refractivity contribution in [3.63, 3.8) is 0 Å². The second kappa shape index (κ2) is 8.14. The van der Waals surface area contributed by atoms with E-state index in [1.165, 1.54) is 27.0 Å². The third-order valence-corrected chi connectivity index (χ3v) is 5.32. The minimum atomic E-state index is -1.17. The van der Waals surface area contributed by atoms with Crippen LogP contribution in [-0.2, 0) is 16.0 Å². The summed E-state index contributed by atoms with van der Waals surface area (Å²) in [5.41, 5.74) is -0.761. The first-order valence-corrected chi connectivity index (χ1v) is 9.16. The lowest BCUT2D eigenvalue weighted by Gasteiger charge is -2.16. The van der Waals surface area contributed by atoms with Gasteiger partial charge >= 0.3 is 5.97 Å². The number of carbonyl (C=O) groups is 2. The number of benzene rings is 1. The van der Waals surface area contributed by atoms with E-state index in [-0.39, 0.29) is 12.2 Å². The molecule has 0 atom stereocenters. The van der Waals surface area contributed by atoms with Gasteiger partial charge in [-0.1, -0.05) is 0 Å². The van der Waals surface area contributed by atoms with Crippen LogP contribution < -0.4 is 4.74 Å². The van der Waals surface area contributed by atoms with Crippen molar-refractivity contribution in [1.82, 2.24) is 0 Å². The number of methoxy groups -OCH3 is 1. The zero-order valence-corrected chi connectivity index (χ0v) is 16.2. The number of carboxylic acids is 1. The lowest BCUT2D eigenvalue weighted by molar-refractivity contribution is -0.146. The molecule has 0 bridgehead atoms. The number of carbonyl (C=O) groups excluding carboxylic acids is 1. The smallest absolute Gasteiger partial charge is 0.309 e. The van der Waals surface area contributed by atoms with E-state index < -0.39 is 17.2 Å². The van der Waals surface area contributed by atoms with Gasteiger partial charge in [0.1, 0.15) is 11.6 Å². The molecule has 7 heteroatoms. The highest BCUT2D eigenvalue weighted by molar-refractivity contribution is 7.20. The number of ketones is 1. The van der Waals surface area contributed by atoms with Crippen molar-refractivity contribution in [2.24, 2.45) is 5.41 Å². The first-order valence-electron chi connectivity index (χ1n) is 8.34. The molecule has 0 aliphatic rings. The molecular weight excluding hydrogens is 359 g/mol. The summed E-state index contributed by atoms with van der Waals surface area (Å²) in [7, 11) is 1.47. The van der Waals surface area contributed by atoms with Crippen molar-refractivity contribution >= 4 is 33.2 Å². The van der Waals surface area contributed by atoms with Crippen LogP contribution in [0.15, 0.2) is 12.1 Å².